The van der Waals surface area contributed by atoms with E-state index in [0.717, 1.165) is 12.1 Å². The van der Waals surface area contributed by atoms with Gasteiger partial charge < -0.3 is 0 Å². The van der Waals surface area contributed by atoms with Crippen molar-refractivity contribution in [3.63, 3.8) is 0 Å². The van der Waals surface area contributed by atoms with Crippen LogP contribution in [0, 0.1) is 0 Å². The lowest BCUT2D eigenvalue weighted by atomic mass is 9.93. The summed E-state index contributed by atoms with van der Waals surface area (Å²) in [7, 11) is 0. The first kappa shape index (κ1) is 8.66. The molecular weight excluding hydrogens is 182 g/mol. The Hall–Kier alpha value is -1.63. The molecule has 2 bridgehead atoms. The molecular formula is C14H13N. The highest BCUT2D eigenvalue weighted by molar-refractivity contribution is 5.65. The van der Waals surface area contributed by atoms with E-state index in [2.05, 4.69) is 54.4 Å². The van der Waals surface area contributed by atoms with Gasteiger partial charge in [-0.2, -0.15) is 0 Å². The van der Waals surface area contributed by atoms with Crippen molar-refractivity contribution in [2.45, 2.75) is 19.3 Å². The van der Waals surface area contributed by atoms with E-state index in [1.165, 1.54) is 16.8 Å². The summed E-state index contributed by atoms with van der Waals surface area (Å²) in [6, 6.07) is 14.9. The summed E-state index contributed by atoms with van der Waals surface area (Å²) in [6.07, 6.45) is 1.05. The smallest absolute Gasteiger partial charge is 0.0708 e. The van der Waals surface area contributed by atoms with Crippen molar-refractivity contribution >= 4 is 0 Å². The fourth-order valence-corrected chi connectivity index (χ4v) is 2.33. The Bertz CT molecular complexity index is 502. The predicted octanol–water partition coefficient (Wildman–Crippen LogP) is 3.41. The van der Waals surface area contributed by atoms with E-state index < -0.39 is 0 Å². The highest BCUT2D eigenvalue weighted by atomic mass is 14.7. The van der Waals surface area contributed by atoms with E-state index in [9.17, 15) is 0 Å². The van der Waals surface area contributed by atoms with Crippen molar-refractivity contribution in [2.24, 2.45) is 0 Å². The van der Waals surface area contributed by atoms with E-state index in [1.807, 2.05) is 0 Å². The maximum atomic E-state index is 4.66. The summed E-state index contributed by atoms with van der Waals surface area (Å²) < 4.78 is 0. The summed E-state index contributed by atoms with van der Waals surface area (Å²) in [4.78, 5) is 4.66. The number of pyridine rings is 1. The molecule has 1 atom stereocenters. The number of fused-ring (bicyclic) bond motifs is 4. The number of hydrogen-bond donors (Lipinski definition) is 0. The van der Waals surface area contributed by atoms with Gasteiger partial charge in [0, 0.05) is 11.3 Å². The van der Waals surface area contributed by atoms with Crippen LogP contribution in [-0.2, 0) is 6.42 Å². The highest BCUT2D eigenvalue weighted by Gasteiger charge is 2.17. The van der Waals surface area contributed by atoms with Gasteiger partial charge in [-0.3, -0.25) is 4.98 Å². The van der Waals surface area contributed by atoms with Gasteiger partial charge in [0.15, 0.2) is 0 Å². The Balaban J connectivity index is 2.30. The highest BCUT2D eigenvalue weighted by Crippen LogP contribution is 2.32. The zero-order valence-corrected chi connectivity index (χ0v) is 8.77. The van der Waals surface area contributed by atoms with Gasteiger partial charge in [-0.25, -0.2) is 0 Å². The standard InChI is InChI=1S/C14H13N/c1-10-9-11-5-4-8-14(15-11)13-7-3-2-6-12(10)13/h2-8,10H,9H2,1H3. The number of benzene rings is 1. The van der Waals surface area contributed by atoms with Gasteiger partial charge in [0.05, 0.1) is 5.69 Å². The number of rotatable bonds is 0. The molecule has 0 aliphatic carbocycles. The molecule has 2 heterocycles. The minimum Gasteiger partial charge on any atom is -0.253 e. The van der Waals surface area contributed by atoms with E-state index in [1.54, 1.807) is 0 Å². The third-order valence-electron chi connectivity index (χ3n) is 3.09. The van der Waals surface area contributed by atoms with Crippen LogP contribution in [0.3, 0.4) is 0 Å². The second-order valence-corrected chi connectivity index (χ2v) is 4.21. The average Bonchev–Trinajstić information content (AvgIpc) is 2.37. The molecule has 0 spiro atoms. The SMILES string of the molecule is CC1Cc2cccc(n2)-c2ccccc21. The number of hydrogen-bond acceptors (Lipinski definition) is 1. The van der Waals surface area contributed by atoms with Crippen molar-refractivity contribution in [1.29, 1.82) is 0 Å². The molecule has 2 aromatic rings. The molecule has 15 heavy (non-hydrogen) atoms. The van der Waals surface area contributed by atoms with Crippen molar-refractivity contribution in [2.75, 3.05) is 0 Å². The van der Waals surface area contributed by atoms with E-state index >= 15 is 0 Å². The van der Waals surface area contributed by atoms with Gasteiger partial charge in [-0.1, -0.05) is 37.3 Å². The van der Waals surface area contributed by atoms with E-state index in [-0.39, 0.29) is 0 Å². The van der Waals surface area contributed by atoms with Crippen LogP contribution in [0.25, 0.3) is 11.3 Å². The lowest BCUT2D eigenvalue weighted by Gasteiger charge is -2.10. The largest absolute Gasteiger partial charge is 0.253 e. The lowest BCUT2D eigenvalue weighted by Crippen LogP contribution is -1.97. The van der Waals surface area contributed by atoms with Gasteiger partial charge in [-0.05, 0) is 30.0 Å². The summed E-state index contributed by atoms with van der Waals surface area (Å²) in [5.41, 5.74) is 5.04. The Morgan fingerprint density at radius 3 is 2.87 bits per heavy atom. The van der Waals surface area contributed by atoms with Gasteiger partial charge in [0.1, 0.15) is 0 Å². The maximum absolute atomic E-state index is 4.66. The molecule has 1 heteroatoms. The van der Waals surface area contributed by atoms with Crippen molar-refractivity contribution < 1.29 is 0 Å². The number of nitrogens with zero attached hydrogens (tertiary/aromatic N) is 1. The minimum atomic E-state index is 0.564. The zero-order chi connectivity index (χ0) is 10.3. The molecule has 74 valence electrons. The summed E-state index contributed by atoms with van der Waals surface area (Å²) in [6.45, 7) is 2.27. The van der Waals surface area contributed by atoms with Crippen LogP contribution in [0.1, 0.15) is 24.1 Å². The molecule has 0 radical (unpaired) electrons. The quantitative estimate of drug-likeness (QED) is 0.627. The van der Waals surface area contributed by atoms with Crippen LogP contribution in [0.15, 0.2) is 42.5 Å². The van der Waals surface area contributed by atoms with Gasteiger partial charge in [0.25, 0.3) is 0 Å². The first-order chi connectivity index (χ1) is 7.34. The van der Waals surface area contributed by atoms with Crippen LogP contribution in [0.4, 0.5) is 0 Å². The van der Waals surface area contributed by atoms with Crippen molar-refractivity contribution in [3.8, 4) is 11.3 Å². The molecule has 1 aromatic heterocycles. The molecule has 1 unspecified atom stereocenters. The summed E-state index contributed by atoms with van der Waals surface area (Å²) in [5.74, 6) is 0.564. The minimum absolute atomic E-state index is 0.564. The molecule has 3 rings (SSSR count). The topological polar surface area (TPSA) is 12.9 Å². The van der Waals surface area contributed by atoms with Crippen LogP contribution < -0.4 is 0 Å². The second-order valence-electron chi connectivity index (χ2n) is 4.21. The molecule has 0 N–H and O–H groups in total. The van der Waals surface area contributed by atoms with Gasteiger partial charge in [0.2, 0.25) is 0 Å². The molecule has 1 aromatic carbocycles. The summed E-state index contributed by atoms with van der Waals surface area (Å²) >= 11 is 0. The molecule has 0 saturated carbocycles. The third-order valence-corrected chi connectivity index (χ3v) is 3.09. The molecule has 0 amide bonds. The van der Waals surface area contributed by atoms with Crippen LogP contribution >= 0.6 is 0 Å². The second kappa shape index (κ2) is 3.20. The fourth-order valence-electron chi connectivity index (χ4n) is 2.33. The predicted molar refractivity (Wildman–Crippen MR) is 61.8 cm³/mol. The normalized spacial score (nSPS) is 18.1. The Morgan fingerprint density at radius 1 is 1.07 bits per heavy atom. The van der Waals surface area contributed by atoms with Crippen molar-refractivity contribution in [1.82, 2.24) is 4.98 Å². The van der Waals surface area contributed by atoms with Crippen LogP contribution in [0.2, 0.25) is 0 Å². The average molecular weight is 195 g/mol. The molecule has 1 aliphatic heterocycles. The fraction of sp³-hybridized carbons (Fsp3) is 0.214. The molecule has 1 aliphatic rings. The van der Waals surface area contributed by atoms with Crippen LogP contribution in [-0.4, -0.2) is 4.98 Å². The maximum Gasteiger partial charge on any atom is 0.0708 e. The first-order valence-electron chi connectivity index (χ1n) is 5.40. The Kier molecular flexibility index (Phi) is 1.84. The lowest BCUT2D eigenvalue weighted by molar-refractivity contribution is 0.753. The first-order valence-corrected chi connectivity index (χ1v) is 5.40. The van der Waals surface area contributed by atoms with Crippen LogP contribution in [0.5, 0.6) is 0 Å². The monoisotopic (exact) mass is 195 g/mol. The Morgan fingerprint density at radius 2 is 1.93 bits per heavy atom. The molecule has 0 fully saturated rings. The van der Waals surface area contributed by atoms with Gasteiger partial charge in [-0.15, -0.1) is 0 Å². The zero-order valence-electron chi connectivity index (χ0n) is 8.77. The van der Waals surface area contributed by atoms with E-state index in [4.69, 9.17) is 0 Å². The third kappa shape index (κ3) is 1.35. The van der Waals surface area contributed by atoms with Gasteiger partial charge >= 0.3 is 0 Å². The summed E-state index contributed by atoms with van der Waals surface area (Å²) in [5, 5.41) is 0. The van der Waals surface area contributed by atoms with Crippen molar-refractivity contribution in [3.05, 3.63) is 53.7 Å². The number of aromatic nitrogens is 1. The molecule has 0 saturated heterocycles. The van der Waals surface area contributed by atoms with E-state index in [0.29, 0.717) is 5.92 Å². The molecule has 1 nitrogen and oxygen atoms in total. The Labute approximate surface area is 89.8 Å².